The van der Waals surface area contributed by atoms with Gasteiger partial charge in [-0.15, -0.1) is 12.4 Å². The number of halogens is 2. The summed E-state index contributed by atoms with van der Waals surface area (Å²) in [6.07, 6.45) is 0. The Bertz CT molecular complexity index is 369. The second-order valence-electron chi connectivity index (χ2n) is 2.59. The fourth-order valence-corrected chi connectivity index (χ4v) is 0.948. The van der Waals surface area contributed by atoms with Gasteiger partial charge in [-0.25, -0.2) is 0 Å². The molecule has 1 aromatic carbocycles. The van der Waals surface area contributed by atoms with Crippen molar-refractivity contribution in [3.8, 4) is 5.75 Å². The highest BCUT2D eigenvalue weighted by atomic mass is 35.5. The SMILES string of the molecule is Cl.N=C(N)c1cccc(OCC(=O)Cl)c1. The van der Waals surface area contributed by atoms with Gasteiger partial charge in [0.1, 0.15) is 11.6 Å². The van der Waals surface area contributed by atoms with Crippen molar-refractivity contribution in [2.75, 3.05) is 6.61 Å². The number of carbonyl (C=O) groups is 1. The molecule has 0 heterocycles. The van der Waals surface area contributed by atoms with Crippen molar-refractivity contribution in [3.05, 3.63) is 29.8 Å². The molecule has 15 heavy (non-hydrogen) atoms. The third kappa shape index (κ3) is 4.67. The Morgan fingerprint density at radius 2 is 2.20 bits per heavy atom. The minimum Gasteiger partial charge on any atom is -0.484 e. The summed E-state index contributed by atoms with van der Waals surface area (Å²) < 4.78 is 5.02. The lowest BCUT2D eigenvalue weighted by atomic mass is 10.2. The summed E-state index contributed by atoms with van der Waals surface area (Å²) in [4.78, 5) is 10.4. The molecule has 3 N–H and O–H groups in total. The lowest BCUT2D eigenvalue weighted by Crippen LogP contribution is -2.11. The molecular weight excluding hydrogens is 239 g/mol. The fourth-order valence-electron chi connectivity index (χ4n) is 0.893. The number of rotatable bonds is 4. The molecule has 0 spiro atoms. The molecule has 0 unspecified atom stereocenters. The number of nitrogens with one attached hydrogen (secondary N) is 1. The summed E-state index contributed by atoms with van der Waals surface area (Å²) in [5.74, 6) is 0.416. The maximum atomic E-state index is 10.4. The van der Waals surface area contributed by atoms with Gasteiger partial charge in [0.2, 0.25) is 0 Å². The van der Waals surface area contributed by atoms with Gasteiger partial charge in [-0.3, -0.25) is 10.2 Å². The lowest BCUT2D eigenvalue weighted by Gasteiger charge is -2.04. The van der Waals surface area contributed by atoms with Gasteiger partial charge < -0.3 is 10.5 Å². The second kappa shape index (κ2) is 6.27. The Morgan fingerprint density at radius 3 is 2.73 bits per heavy atom. The number of nitrogens with two attached hydrogens (primary N) is 1. The average molecular weight is 249 g/mol. The van der Waals surface area contributed by atoms with Gasteiger partial charge in [0.25, 0.3) is 5.24 Å². The molecule has 0 radical (unpaired) electrons. The van der Waals surface area contributed by atoms with Crippen molar-refractivity contribution in [2.24, 2.45) is 5.73 Å². The van der Waals surface area contributed by atoms with Crippen LogP contribution in [0.1, 0.15) is 5.56 Å². The molecule has 82 valence electrons. The first-order chi connectivity index (χ1) is 6.59. The molecule has 6 heteroatoms. The largest absolute Gasteiger partial charge is 0.484 e. The zero-order valence-corrected chi connectivity index (χ0v) is 9.27. The van der Waals surface area contributed by atoms with Gasteiger partial charge in [-0.2, -0.15) is 0 Å². The van der Waals surface area contributed by atoms with Crippen LogP contribution in [-0.4, -0.2) is 17.7 Å². The molecular formula is C9H10Cl2N2O2. The molecule has 0 bridgehead atoms. The van der Waals surface area contributed by atoms with E-state index < -0.39 is 5.24 Å². The van der Waals surface area contributed by atoms with E-state index in [0.717, 1.165) is 0 Å². The third-order valence-corrected chi connectivity index (χ3v) is 1.61. The van der Waals surface area contributed by atoms with Gasteiger partial charge >= 0.3 is 0 Å². The number of hydrogen-bond acceptors (Lipinski definition) is 3. The maximum Gasteiger partial charge on any atom is 0.259 e. The molecule has 4 nitrogen and oxygen atoms in total. The number of ether oxygens (including phenoxy) is 1. The van der Waals surface area contributed by atoms with Crippen LogP contribution in [-0.2, 0) is 4.79 Å². The van der Waals surface area contributed by atoms with Crippen LogP contribution in [0.4, 0.5) is 0 Å². The highest BCUT2D eigenvalue weighted by Gasteiger charge is 2.01. The smallest absolute Gasteiger partial charge is 0.259 e. The van der Waals surface area contributed by atoms with E-state index in [0.29, 0.717) is 11.3 Å². The summed E-state index contributed by atoms with van der Waals surface area (Å²) in [6.45, 7) is -0.192. The minimum atomic E-state index is -0.571. The summed E-state index contributed by atoms with van der Waals surface area (Å²) in [5, 5.41) is 6.61. The van der Waals surface area contributed by atoms with Crippen LogP contribution in [0.25, 0.3) is 0 Å². The van der Waals surface area contributed by atoms with Crippen LogP contribution in [0.2, 0.25) is 0 Å². The van der Waals surface area contributed by atoms with Crippen molar-refractivity contribution in [3.63, 3.8) is 0 Å². The predicted molar refractivity (Wildman–Crippen MR) is 61.1 cm³/mol. The Labute approximate surface area is 98.3 Å². The van der Waals surface area contributed by atoms with E-state index >= 15 is 0 Å². The van der Waals surface area contributed by atoms with Crippen molar-refractivity contribution in [1.82, 2.24) is 0 Å². The van der Waals surface area contributed by atoms with E-state index in [2.05, 4.69) is 0 Å². The monoisotopic (exact) mass is 248 g/mol. The lowest BCUT2D eigenvalue weighted by molar-refractivity contribution is -0.113. The standard InChI is InChI=1S/C9H9ClN2O2.ClH/c10-8(13)5-14-7-3-1-2-6(4-7)9(11)12;/h1-4H,5H2,(H3,11,12);1H. The molecule has 0 aliphatic heterocycles. The molecule has 0 aliphatic carbocycles. The zero-order valence-electron chi connectivity index (χ0n) is 7.70. The van der Waals surface area contributed by atoms with E-state index in [-0.39, 0.29) is 24.8 Å². The fraction of sp³-hybridized carbons (Fsp3) is 0.111. The van der Waals surface area contributed by atoms with Crippen LogP contribution >= 0.6 is 24.0 Å². The average Bonchev–Trinajstić information content (AvgIpc) is 2.15. The summed E-state index contributed by atoms with van der Waals surface area (Å²) >= 11 is 5.10. The van der Waals surface area contributed by atoms with Crippen LogP contribution in [0.3, 0.4) is 0 Å². The molecule has 0 saturated heterocycles. The number of hydrogen-bond donors (Lipinski definition) is 2. The Morgan fingerprint density at radius 1 is 1.53 bits per heavy atom. The van der Waals surface area contributed by atoms with E-state index in [9.17, 15) is 4.79 Å². The maximum absolute atomic E-state index is 10.4. The van der Waals surface area contributed by atoms with Crippen LogP contribution in [0, 0.1) is 5.41 Å². The Balaban J connectivity index is 0.00000196. The summed E-state index contributed by atoms with van der Waals surface area (Å²) in [7, 11) is 0. The van der Waals surface area contributed by atoms with Gasteiger partial charge in [-0.1, -0.05) is 12.1 Å². The molecule has 0 aliphatic rings. The summed E-state index contributed by atoms with van der Waals surface area (Å²) in [5.41, 5.74) is 5.82. The van der Waals surface area contributed by atoms with Gasteiger partial charge in [0, 0.05) is 5.56 Å². The molecule has 0 amide bonds. The first-order valence-corrected chi connectivity index (χ1v) is 4.23. The second-order valence-corrected chi connectivity index (χ2v) is 3.01. The van der Waals surface area contributed by atoms with Crippen LogP contribution in [0.5, 0.6) is 5.75 Å². The van der Waals surface area contributed by atoms with Gasteiger partial charge in [0.15, 0.2) is 6.61 Å². The molecule has 1 rings (SSSR count). The van der Waals surface area contributed by atoms with E-state index in [4.69, 9.17) is 27.5 Å². The van der Waals surface area contributed by atoms with E-state index in [1.165, 1.54) is 0 Å². The number of nitrogen functional groups attached to an aromatic ring is 1. The molecule has 0 atom stereocenters. The molecule has 0 saturated carbocycles. The number of carbonyl (C=O) groups excluding carboxylic acids is 1. The minimum absolute atomic E-state index is 0. The van der Waals surface area contributed by atoms with Gasteiger partial charge in [-0.05, 0) is 23.7 Å². The molecule has 0 aromatic heterocycles. The number of benzene rings is 1. The predicted octanol–water partition coefficient (Wildman–Crippen LogP) is 1.54. The van der Waals surface area contributed by atoms with Crippen molar-refractivity contribution in [1.29, 1.82) is 5.41 Å². The van der Waals surface area contributed by atoms with Crippen molar-refractivity contribution in [2.45, 2.75) is 0 Å². The van der Waals surface area contributed by atoms with Crippen molar-refractivity contribution >= 4 is 35.1 Å². The number of amidine groups is 1. The highest BCUT2D eigenvalue weighted by Crippen LogP contribution is 2.12. The normalized spacial score (nSPS) is 8.87. The first-order valence-electron chi connectivity index (χ1n) is 3.85. The highest BCUT2D eigenvalue weighted by molar-refractivity contribution is 6.63. The quantitative estimate of drug-likeness (QED) is 0.482. The topological polar surface area (TPSA) is 76.2 Å². The third-order valence-electron chi connectivity index (χ3n) is 1.50. The van der Waals surface area contributed by atoms with Crippen molar-refractivity contribution < 1.29 is 9.53 Å². The first kappa shape index (κ1) is 13.7. The Hall–Kier alpha value is -1.26. The van der Waals surface area contributed by atoms with E-state index in [1.807, 2.05) is 0 Å². The summed E-state index contributed by atoms with van der Waals surface area (Å²) in [6, 6.07) is 6.59. The van der Waals surface area contributed by atoms with E-state index in [1.54, 1.807) is 24.3 Å². The van der Waals surface area contributed by atoms with Gasteiger partial charge in [0.05, 0.1) is 0 Å². The molecule has 0 fully saturated rings. The zero-order chi connectivity index (χ0) is 10.6. The van der Waals surface area contributed by atoms with Crippen LogP contribution < -0.4 is 10.5 Å². The Kier molecular flexibility index (Phi) is 5.74. The molecule has 1 aromatic rings. The van der Waals surface area contributed by atoms with Crippen LogP contribution in [0.15, 0.2) is 24.3 Å².